The Hall–Kier alpha value is -2.94. The zero-order chi connectivity index (χ0) is 18.7. The average Bonchev–Trinajstić information content (AvgIpc) is 3.06. The first-order valence-corrected chi connectivity index (χ1v) is 8.07. The summed E-state index contributed by atoms with van der Waals surface area (Å²) in [6, 6.07) is 10.3. The lowest BCUT2D eigenvalue weighted by atomic mass is 10.3. The van der Waals surface area contributed by atoms with Gasteiger partial charge in [0.1, 0.15) is 22.1 Å². The molecule has 0 unspecified atom stereocenters. The summed E-state index contributed by atoms with van der Waals surface area (Å²) < 4.78 is 56.0. The van der Waals surface area contributed by atoms with Gasteiger partial charge in [-0.1, -0.05) is 6.07 Å². The summed E-state index contributed by atoms with van der Waals surface area (Å²) in [5.74, 6) is -1.05. The number of benzene rings is 1. The summed E-state index contributed by atoms with van der Waals surface area (Å²) in [6.45, 7) is 0. The Morgan fingerprint density at radius 1 is 1.12 bits per heavy atom. The Morgan fingerprint density at radius 3 is 2.50 bits per heavy atom. The van der Waals surface area contributed by atoms with Crippen LogP contribution < -0.4 is 10.1 Å². The van der Waals surface area contributed by atoms with E-state index in [0.717, 1.165) is 6.07 Å². The summed E-state index contributed by atoms with van der Waals surface area (Å²) >= 11 is 0.501. The summed E-state index contributed by atoms with van der Waals surface area (Å²) in [4.78, 5) is 15.3. The van der Waals surface area contributed by atoms with Gasteiger partial charge in [0.2, 0.25) is 5.88 Å². The van der Waals surface area contributed by atoms with Crippen molar-refractivity contribution in [1.82, 2.24) is 4.98 Å². The van der Waals surface area contributed by atoms with Crippen LogP contribution in [0.25, 0.3) is 0 Å². The number of nitrogens with one attached hydrogen (secondary N) is 1. The van der Waals surface area contributed by atoms with Crippen molar-refractivity contribution in [3.63, 3.8) is 0 Å². The number of ether oxygens (including phenoxy) is 1. The maximum absolute atomic E-state index is 12.9. The predicted molar refractivity (Wildman–Crippen MR) is 88.0 cm³/mol. The molecule has 4 nitrogen and oxygen atoms in total. The molecule has 0 atom stereocenters. The fourth-order valence-corrected chi connectivity index (χ4v) is 2.65. The number of rotatable bonds is 4. The third-order valence-electron chi connectivity index (χ3n) is 3.14. The van der Waals surface area contributed by atoms with Crippen molar-refractivity contribution < 1.29 is 27.1 Å². The Bertz CT molecular complexity index is 923. The average molecular weight is 382 g/mol. The second-order valence-corrected chi connectivity index (χ2v) is 5.98. The van der Waals surface area contributed by atoms with E-state index in [0.29, 0.717) is 17.0 Å². The van der Waals surface area contributed by atoms with E-state index in [1.54, 1.807) is 0 Å². The van der Waals surface area contributed by atoms with Crippen LogP contribution in [0.1, 0.15) is 15.4 Å². The van der Waals surface area contributed by atoms with Gasteiger partial charge in [0.25, 0.3) is 5.91 Å². The third kappa shape index (κ3) is 4.37. The van der Waals surface area contributed by atoms with Gasteiger partial charge in [0, 0.05) is 23.2 Å². The topological polar surface area (TPSA) is 51.2 Å². The number of alkyl halides is 3. The minimum absolute atomic E-state index is 0.00176. The number of pyridine rings is 1. The van der Waals surface area contributed by atoms with Crippen LogP contribution in [0.4, 0.5) is 23.2 Å². The van der Waals surface area contributed by atoms with Crippen LogP contribution in [-0.4, -0.2) is 10.9 Å². The summed E-state index contributed by atoms with van der Waals surface area (Å²) in [6.07, 6.45) is -4.45. The molecule has 0 aliphatic heterocycles. The molecule has 0 spiro atoms. The standard InChI is InChI=1S/C17H10F4N2O2S/c18-10-4-6-11(7-5-10)22-16(24)13-2-1-3-15(23-13)25-12-8-14(26-9-12)17(19,20)21/h1-9H,(H,22,24). The maximum Gasteiger partial charge on any atom is 0.425 e. The predicted octanol–water partition coefficient (Wildman–Crippen LogP) is 5.35. The van der Waals surface area contributed by atoms with Crippen molar-refractivity contribution in [1.29, 1.82) is 0 Å². The van der Waals surface area contributed by atoms with E-state index in [9.17, 15) is 22.4 Å². The van der Waals surface area contributed by atoms with Gasteiger partial charge in [-0.05, 0) is 30.3 Å². The van der Waals surface area contributed by atoms with Crippen LogP contribution in [0.5, 0.6) is 11.6 Å². The second kappa shape index (κ2) is 7.12. The van der Waals surface area contributed by atoms with Crippen LogP contribution in [0.2, 0.25) is 0 Å². The summed E-state index contributed by atoms with van der Waals surface area (Å²) in [5.41, 5.74) is 0.371. The highest BCUT2D eigenvalue weighted by Gasteiger charge is 2.32. The van der Waals surface area contributed by atoms with Crippen LogP contribution in [0.3, 0.4) is 0 Å². The number of hydrogen-bond acceptors (Lipinski definition) is 4. The van der Waals surface area contributed by atoms with E-state index < -0.39 is 22.8 Å². The minimum atomic E-state index is -4.45. The SMILES string of the molecule is O=C(Nc1ccc(F)cc1)c1cccc(Oc2csc(C(F)(F)F)c2)n1. The first-order chi connectivity index (χ1) is 12.3. The fraction of sp³-hybridized carbons (Fsp3) is 0.0588. The minimum Gasteiger partial charge on any atom is -0.438 e. The van der Waals surface area contributed by atoms with Crippen molar-refractivity contribution in [3.05, 3.63) is 70.3 Å². The largest absolute Gasteiger partial charge is 0.438 e. The Labute approximate surface area is 149 Å². The molecule has 9 heteroatoms. The molecule has 0 fully saturated rings. The molecule has 0 saturated heterocycles. The Morgan fingerprint density at radius 2 is 1.85 bits per heavy atom. The van der Waals surface area contributed by atoms with Gasteiger partial charge in [-0.25, -0.2) is 9.37 Å². The molecule has 26 heavy (non-hydrogen) atoms. The monoisotopic (exact) mass is 382 g/mol. The highest BCUT2D eigenvalue weighted by atomic mass is 32.1. The van der Waals surface area contributed by atoms with Crippen LogP contribution in [0, 0.1) is 5.82 Å². The van der Waals surface area contributed by atoms with Crippen LogP contribution in [0.15, 0.2) is 53.9 Å². The van der Waals surface area contributed by atoms with E-state index in [1.165, 1.54) is 47.8 Å². The molecule has 0 radical (unpaired) electrons. The number of hydrogen-bond donors (Lipinski definition) is 1. The smallest absolute Gasteiger partial charge is 0.425 e. The fourth-order valence-electron chi connectivity index (χ4n) is 1.97. The van der Waals surface area contributed by atoms with Gasteiger partial charge >= 0.3 is 6.18 Å². The summed E-state index contributed by atoms with van der Waals surface area (Å²) in [7, 11) is 0. The zero-order valence-corrected chi connectivity index (χ0v) is 13.7. The van der Waals surface area contributed by atoms with Gasteiger partial charge in [-0.2, -0.15) is 13.2 Å². The lowest BCUT2D eigenvalue weighted by Crippen LogP contribution is -2.13. The number of anilines is 1. The molecular formula is C17H10F4N2O2S. The molecular weight excluding hydrogens is 372 g/mol. The first kappa shape index (κ1) is 17.9. The van der Waals surface area contributed by atoms with E-state index in [-0.39, 0.29) is 17.3 Å². The molecule has 2 aromatic heterocycles. The molecule has 2 heterocycles. The van der Waals surface area contributed by atoms with Crippen molar-refractivity contribution in [2.24, 2.45) is 0 Å². The zero-order valence-electron chi connectivity index (χ0n) is 12.9. The molecule has 3 rings (SSSR count). The molecule has 1 amide bonds. The molecule has 0 aliphatic carbocycles. The number of carbonyl (C=O) groups excluding carboxylic acids is 1. The van der Waals surface area contributed by atoms with Gasteiger partial charge in [-0.15, -0.1) is 11.3 Å². The first-order valence-electron chi connectivity index (χ1n) is 7.19. The molecule has 1 aromatic carbocycles. The van der Waals surface area contributed by atoms with E-state index in [1.807, 2.05) is 0 Å². The third-order valence-corrected chi connectivity index (χ3v) is 4.09. The molecule has 0 aliphatic rings. The highest BCUT2D eigenvalue weighted by Crippen LogP contribution is 2.37. The summed E-state index contributed by atoms with van der Waals surface area (Å²) in [5, 5.41) is 3.73. The van der Waals surface area contributed by atoms with E-state index >= 15 is 0 Å². The number of halogens is 4. The molecule has 3 aromatic rings. The van der Waals surface area contributed by atoms with Crippen LogP contribution >= 0.6 is 11.3 Å². The number of amides is 1. The molecule has 1 N–H and O–H groups in total. The maximum atomic E-state index is 12.9. The van der Waals surface area contributed by atoms with Crippen LogP contribution in [-0.2, 0) is 6.18 Å². The van der Waals surface area contributed by atoms with Gasteiger partial charge in [0.15, 0.2) is 0 Å². The van der Waals surface area contributed by atoms with Crippen molar-refractivity contribution in [2.75, 3.05) is 5.32 Å². The lowest BCUT2D eigenvalue weighted by molar-refractivity contribution is -0.134. The van der Waals surface area contributed by atoms with Gasteiger partial charge in [-0.3, -0.25) is 4.79 Å². The van der Waals surface area contributed by atoms with E-state index in [2.05, 4.69) is 10.3 Å². The Balaban J connectivity index is 1.72. The second-order valence-electron chi connectivity index (χ2n) is 5.07. The van der Waals surface area contributed by atoms with Crippen molar-refractivity contribution >= 4 is 22.9 Å². The van der Waals surface area contributed by atoms with Crippen molar-refractivity contribution in [3.8, 4) is 11.6 Å². The molecule has 134 valence electrons. The number of nitrogens with zero attached hydrogens (tertiary/aromatic N) is 1. The van der Waals surface area contributed by atoms with E-state index in [4.69, 9.17) is 4.74 Å². The Kier molecular flexibility index (Phi) is 4.90. The number of carbonyl (C=O) groups is 1. The number of aromatic nitrogens is 1. The number of thiophene rings is 1. The van der Waals surface area contributed by atoms with Crippen molar-refractivity contribution in [2.45, 2.75) is 6.18 Å². The lowest BCUT2D eigenvalue weighted by Gasteiger charge is -2.07. The molecule has 0 saturated carbocycles. The molecule has 0 bridgehead atoms. The quantitative estimate of drug-likeness (QED) is 0.619. The van der Waals surface area contributed by atoms with Gasteiger partial charge < -0.3 is 10.1 Å². The highest BCUT2D eigenvalue weighted by molar-refractivity contribution is 7.10. The van der Waals surface area contributed by atoms with Gasteiger partial charge in [0.05, 0.1) is 0 Å². The normalized spacial score (nSPS) is 11.2.